The van der Waals surface area contributed by atoms with Gasteiger partial charge in [-0.25, -0.2) is 4.79 Å². The number of morpholine rings is 1. The Bertz CT molecular complexity index is 1470. The van der Waals surface area contributed by atoms with Crippen LogP contribution < -0.4 is 21.7 Å². The SMILES string of the molecule is CC1(C)CN(C(=O)[C@@H](NC(=O)N[C@@H](C(=O)N2CC3(CC2C(=O)NC(CC2CCC2)C(=O)C(N)=O)C(C)(C)C32CCC2)C(C)(C)C)C(C)(C)C)CCO1. The van der Waals surface area contributed by atoms with Gasteiger partial charge in [0.1, 0.15) is 18.1 Å². The van der Waals surface area contributed by atoms with Gasteiger partial charge in [-0.05, 0) is 67.1 Å². The number of nitrogens with zero attached hydrogens (tertiary/aromatic N) is 2. The molecule has 2 saturated heterocycles. The molecule has 52 heavy (non-hydrogen) atoms. The van der Waals surface area contributed by atoms with Crippen LogP contribution in [0.1, 0.15) is 121 Å². The van der Waals surface area contributed by atoms with Crippen LogP contribution in [0.5, 0.6) is 0 Å². The van der Waals surface area contributed by atoms with Crippen LogP contribution in [-0.4, -0.2) is 101 Å². The zero-order chi connectivity index (χ0) is 38.8. The average molecular weight is 729 g/mol. The molecule has 2 aliphatic heterocycles. The second kappa shape index (κ2) is 13.6. The van der Waals surface area contributed by atoms with Crippen molar-refractivity contribution in [3.63, 3.8) is 0 Å². The molecule has 0 bridgehead atoms. The molecular weight excluding hydrogens is 664 g/mol. The van der Waals surface area contributed by atoms with Gasteiger partial charge >= 0.3 is 6.03 Å². The van der Waals surface area contributed by atoms with Crippen molar-refractivity contribution in [2.75, 3.05) is 26.2 Å². The highest BCUT2D eigenvalue weighted by molar-refractivity contribution is 6.37. The van der Waals surface area contributed by atoms with Gasteiger partial charge in [0.2, 0.25) is 23.5 Å². The Hall–Kier alpha value is -3.22. The van der Waals surface area contributed by atoms with Crippen LogP contribution >= 0.6 is 0 Å². The van der Waals surface area contributed by atoms with Gasteiger partial charge in [0.05, 0.1) is 18.2 Å². The van der Waals surface area contributed by atoms with E-state index in [0.717, 1.165) is 38.5 Å². The molecule has 5 N–H and O–H groups in total. The summed E-state index contributed by atoms with van der Waals surface area (Å²) < 4.78 is 5.80. The number of ketones is 1. The summed E-state index contributed by atoms with van der Waals surface area (Å²) >= 11 is 0. The zero-order valence-corrected chi connectivity index (χ0v) is 33.2. The normalized spacial score (nSPS) is 27.8. The van der Waals surface area contributed by atoms with Gasteiger partial charge in [-0.3, -0.25) is 24.0 Å². The fraction of sp³-hybridized carbons (Fsp3) is 0.846. The lowest BCUT2D eigenvalue weighted by Gasteiger charge is -2.42. The minimum Gasteiger partial charge on any atom is -0.372 e. The first kappa shape index (κ1) is 40.0. The van der Waals surface area contributed by atoms with Crippen LogP contribution in [0.3, 0.4) is 0 Å². The molecule has 0 radical (unpaired) electrons. The number of likely N-dealkylation sites (tertiary alicyclic amines) is 1. The topological polar surface area (TPSA) is 180 Å². The molecule has 3 saturated carbocycles. The highest BCUT2D eigenvalue weighted by Crippen LogP contribution is 2.88. The summed E-state index contributed by atoms with van der Waals surface area (Å²) in [6, 6.07) is -4.54. The number of primary amides is 1. The Morgan fingerprint density at radius 2 is 1.38 bits per heavy atom. The van der Waals surface area contributed by atoms with Crippen molar-refractivity contribution >= 4 is 35.4 Å². The molecule has 13 heteroatoms. The molecule has 2 heterocycles. The minimum atomic E-state index is -1.09. The van der Waals surface area contributed by atoms with E-state index >= 15 is 0 Å². The van der Waals surface area contributed by atoms with E-state index in [4.69, 9.17) is 10.5 Å². The molecule has 5 fully saturated rings. The fourth-order valence-corrected chi connectivity index (χ4v) is 9.95. The summed E-state index contributed by atoms with van der Waals surface area (Å²) in [6.45, 7) is 21.0. The number of carbonyl (C=O) groups is 6. The van der Waals surface area contributed by atoms with Gasteiger partial charge in [0, 0.05) is 25.0 Å². The lowest BCUT2D eigenvalue weighted by molar-refractivity contribution is -0.150. The monoisotopic (exact) mass is 728 g/mol. The van der Waals surface area contributed by atoms with Crippen molar-refractivity contribution in [2.24, 2.45) is 38.7 Å². The first-order valence-electron chi connectivity index (χ1n) is 19.3. The second-order valence-electron chi connectivity index (χ2n) is 19.7. The molecule has 5 rings (SSSR count). The fourth-order valence-electron chi connectivity index (χ4n) is 9.95. The van der Waals surface area contributed by atoms with Crippen LogP contribution in [0.4, 0.5) is 4.79 Å². The van der Waals surface area contributed by atoms with E-state index in [2.05, 4.69) is 29.8 Å². The number of rotatable bonds is 10. The summed E-state index contributed by atoms with van der Waals surface area (Å²) in [5, 5.41) is 8.68. The molecule has 292 valence electrons. The largest absolute Gasteiger partial charge is 0.372 e. The molecule has 3 aliphatic carbocycles. The lowest BCUT2D eigenvalue weighted by Crippen LogP contribution is -2.63. The van der Waals surface area contributed by atoms with E-state index < -0.39 is 70.1 Å². The van der Waals surface area contributed by atoms with E-state index in [-0.39, 0.29) is 28.1 Å². The number of urea groups is 1. The summed E-state index contributed by atoms with van der Waals surface area (Å²) in [5.74, 6) is -2.81. The van der Waals surface area contributed by atoms with Crippen molar-refractivity contribution in [2.45, 2.75) is 150 Å². The Morgan fingerprint density at radius 3 is 1.83 bits per heavy atom. The van der Waals surface area contributed by atoms with Crippen molar-refractivity contribution in [3.8, 4) is 0 Å². The van der Waals surface area contributed by atoms with E-state index in [0.29, 0.717) is 39.1 Å². The van der Waals surface area contributed by atoms with Crippen LogP contribution in [0, 0.1) is 33.0 Å². The number of Topliss-reactive ketones (excluding diaryl/α,β-unsaturated/α-hetero) is 1. The minimum absolute atomic E-state index is 0.0122. The number of hydrogen-bond acceptors (Lipinski definition) is 7. The molecular formula is C39H64N6O7. The van der Waals surface area contributed by atoms with Crippen LogP contribution in [0.15, 0.2) is 0 Å². The maximum atomic E-state index is 14.9. The number of carbonyl (C=O) groups excluding carboxylic acids is 6. The van der Waals surface area contributed by atoms with E-state index in [1.165, 1.54) is 0 Å². The number of hydrogen-bond donors (Lipinski definition) is 4. The molecule has 5 atom stereocenters. The third-order valence-electron chi connectivity index (χ3n) is 13.6. The summed E-state index contributed by atoms with van der Waals surface area (Å²) in [6.07, 6.45) is 6.76. The number of fused-ring (bicyclic) bond motifs is 1. The van der Waals surface area contributed by atoms with Crippen molar-refractivity contribution in [3.05, 3.63) is 0 Å². The standard InChI is InChI=1S/C39H64N6O7/c1-34(2,3)27(31(49)44-17-18-52-36(7,8)21-44)42-33(51)43-28(35(4,5)6)32(50)45-22-39(37(9,10)38(39)15-12-16-38)20-25(45)30(48)41-24(26(46)29(40)47)19-23-13-11-14-23/h23-25,27-28H,11-22H2,1-10H3,(H2,40,47)(H,41,48)(H2,42,43,51)/t24?,25?,27-,28+,39?/m1/s1. The second-order valence-corrected chi connectivity index (χ2v) is 19.7. The predicted octanol–water partition coefficient (Wildman–Crippen LogP) is 3.28. The van der Waals surface area contributed by atoms with Crippen molar-refractivity contribution < 1.29 is 33.5 Å². The van der Waals surface area contributed by atoms with Crippen LogP contribution in [-0.2, 0) is 28.7 Å². The van der Waals surface area contributed by atoms with Gasteiger partial charge in [-0.15, -0.1) is 0 Å². The maximum Gasteiger partial charge on any atom is 0.316 e. The van der Waals surface area contributed by atoms with Crippen LogP contribution in [0.25, 0.3) is 0 Å². The molecule has 0 aromatic rings. The Labute approximate surface area is 309 Å². The summed E-state index contributed by atoms with van der Waals surface area (Å²) in [7, 11) is 0. The van der Waals surface area contributed by atoms with Crippen molar-refractivity contribution in [1.29, 1.82) is 0 Å². The molecule has 13 nitrogen and oxygen atoms in total. The molecule has 0 aromatic carbocycles. The zero-order valence-electron chi connectivity index (χ0n) is 33.2. The van der Waals surface area contributed by atoms with E-state index in [1.807, 2.05) is 55.4 Å². The third-order valence-corrected chi connectivity index (χ3v) is 13.6. The molecule has 2 spiro atoms. The smallest absolute Gasteiger partial charge is 0.316 e. The molecule has 5 aliphatic rings. The number of nitrogens with two attached hydrogens (primary N) is 1. The van der Waals surface area contributed by atoms with Gasteiger partial charge in [-0.2, -0.15) is 0 Å². The Kier molecular flexibility index (Phi) is 10.4. The summed E-state index contributed by atoms with van der Waals surface area (Å²) in [5.41, 5.74) is 3.08. The highest BCUT2D eigenvalue weighted by atomic mass is 16.5. The molecule has 3 unspecified atom stereocenters. The van der Waals surface area contributed by atoms with Gasteiger partial charge in [-0.1, -0.05) is 81.1 Å². The third kappa shape index (κ3) is 7.07. The van der Waals surface area contributed by atoms with Gasteiger partial charge in [0.15, 0.2) is 0 Å². The van der Waals surface area contributed by atoms with Gasteiger partial charge < -0.3 is 36.2 Å². The van der Waals surface area contributed by atoms with Gasteiger partial charge in [0.25, 0.3) is 5.91 Å². The quantitative estimate of drug-likeness (QED) is 0.249. The highest BCUT2D eigenvalue weighted by Gasteiger charge is 2.85. The number of amides is 6. The Balaban J connectivity index is 1.39. The van der Waals surface area contributed by atoms with Crippen molar-refractivity contribution in [1.82, 2.24) is 25.8 Å². The number of nitrogens with one attached hydrogen (secondary N) is 3. The van der Waals surface area contributed by atoms with Crippen LogP contribution in [0.2, 0.25) is 0 Å². The summed E-state index contributed by atoms with van der Waals surface area (Å²) in [4.78, 5) is 85.2. The predicted molar refractivity (Wildman–Crippen MR) is 195 cm³/mol. The first-order valence-corrected chi connectivity index (χ1v) is 19.3. The Morgan fingerprint density at radius 1 is 0.808 bits per heavy atom. The first-order chi connectivity index (χ1) is 23.9. The average Bonchev–Trinajstić information content (AvgIpc) is 3.20. The van der Waals surface area contributed by atoms with E-state index in [9.17, 15) is 28.8 Å². The lowest BCUT2D eigenvalue weighted by atomic mass is 9.73. The molecule has 6 amide bonds. The van der Waals surface area contributed by atoms with E-state index in [1.54, 1.807) is 9.80 Å². The number of ether oxygens (including phenoxy) is 1. The maximum absolute atomic E-state index is 14.9. The molecule has 0 aromatic heterocycles.